The molecule has 0 radical (unpaired) electrons. The maximum atomic E-state index is 13.9. The van der Waals surface area contributed by atoms with Crippen LogP contribution in [0.5, 0.6) is 0 Å². The molecule has 5 rings (SSSR count). The van der Waals surface area contributed by atoms with E-state index in [1.807, 2.05) is 50.2 Å². The smallest absolute Gasteiger partial charge is 0.352 e. The van der Waals surface area contributed by atoms with Crippen molar-refractivity contribution in [1.29, 1.82) is 0 Å². The molecule has 4 heterocycles. The Kier molecular flexibility index (Phi) is 6.26. The first-order valence-electron chi connectivity index (χ1n) is 11.5. The van der Waals surface area contributed by atoms with Gasteiger partial charge in [-0.05, 0) is 79.7 Å². The van der Waals surface area contributed by atoms with Gasteiger partial charge in [0.05, 0.1) is 29.0 Å². The van der Waals surface area contributed by atoms with Crippen LogP contribution in [-0.4, -0.2) is 24.5 Å². The lowest BCUT2D eigenvalue weighted by Gasteiger charge is -2.28. The van der Waals surface area contributed by atoms with E-state index in [9.17, 15) is 13.2 Å². The van der Waals surface area contributed by atoms with Gasteiger partial charge in [-0.2, -0.15) is 13.2 Å². The lowest BCUT2D eigenvalue weighted by molar-refractivity contribution is -0.137. The fourth-order valence-electron chi connectivity index (χ4n) is 4.97. The standard InChI is InChI=1S/C27H24F3N5S/c1-17-15-20(18(2)35(17)23-9-4-3-7-21(23)27(28,29)30)25-24(22-8-5-6-12-32-22)33-26(36)34(25)16-19-10-13-31-14-11-19/h3-15,24-25H,16H2,1-2H3,(H,33,36)/t24-,25-/m1/s1. The van der Waals surface area contributed by atoms with Crippen molar-refractivity contribution in [2.45, 2.75) is 38.7 Å². The molecule has 1 aliphatic rings. The van der Waals surface area contributed by atoms with E-state index < -0.39 is 11.7 Å². The number of para-hydroxylation sites is 1. The van der Waals surface area contributed by atoms with Crippen molar-refractivity contribution < 1.29 is 13.2 Å². The van der Waals surface area contributed by atoms with Crippen molar-refractivity contribution in [2.75, 3.05) is 0 Å². The van der Waals surface area contributed by atoms with Crippen molar-refractivity contribution in [2.24, 2.45) is 0 Å². The lowest BCUT2D eigenvalue weighted by Crippen LogP contribution is -2.29. The van der Waals surface area contributed by atoms with E-state index in [2.05, 4.69) is 20.2 Å². The van der Waals surface area contributed by atoms with E-state index in [1.165, 1.54) is 12.1 Å². The van der Waals surface area contributed by atoms with Crippen LogP contribution in [0, 0.1) is 13.8 Å². The number of nitrogens with one attached hydrogen (secondary N) is 1. The summed E-state index contributed by atoms with van der Waals surface area (Å²) in [4.78, 5) is 10.7. The van der Waals surface area contributed by atoms with E-state index in [-0.39, 0.29) is 17.8 Å². The van der Waals surface area contributed by atoms with E-state index in [1.54, 1.807) is 29.2 Å². The van der Waals surface area contributed by atoms with Crippen LogP contribution in [0.1, 0.15) is 45.9 Å². The van der Waals surface area contributed by atoms with Crippen LogP contribution in [0.2, 0.25) is 0 Å². The highest BCUT2D eigenvalue weighted by molar-refractivity contribution is 7.80. The van der Waals surface area contributed by atoms with Gasteiger partial charge in [-0.25, -0.2) is 0 Å². The summed E-state index contributed by atoms with van der Waals surface area (Å²) in [5.74, 6) is 0. The van der Waals surface area contributed by atoms with Gasteiger partial charge < -0.3 is 14.8 Å². The van der Waals surface area contributed by atoms with Gasteiger partial charge in [-0.15, -0.1) is 0 Å². The Morgan fingerprint density at radius 2 is 1.69 bits per heavy atom. The number of thiocarbonyl (C=S) groups is 1. The molecule has 4 aromatic rings. The zero-order valence-corrected chi connectivity index (χ0v) is 20.5. The molecule has 1 saturated heterocycles. The van der Waals surface area contributed by atoms with Crippen molar-refractivity contribution >= 4 is 17.3 Å². The van der Waals surface area contributed by atoms with Crippen LogP contribution >= 0.6 is 12.2 Å². The highest BCUT2D eigenvalue weighted by Gasteiger charge is 2.42. The Morgan fingerprint density at radius 3 is 2.39 bits per heavy atom. The molecule has 2 atom stereocenters. The summed E-state index contributed by atoms with van der Waals surface area (Å²) < 4.78 is 43.3. The highest BCUT2D eigenvalue weighted by Crippen LogP contribution is 2.43. The zero-order chi connectivity index (χ0) is 25.4. The molecule has 0 amide bonds. The number of aryl methyl sites for hydroxylation is 1. The first kappa shape index (κ1) is 24.0. The summed E-state index contributed by atoms with van der Waals surface area (Å²) in [6.45, 7) is 4.20. The number of aromatic nitrogens is 3. The van der Waals surface area contributed by atoms with Crippen LogP contribution in [0.4, 0.5) is 13.2 Å². The number of halogens is 3. The Bertz CT molecular complexity index is 1390. The predicted molar refractivity (Wildman–Crippen MR) is 135 cm³/mol. The minimum atomic E-state index is -4.47. The molecule has 1 aromatic carbocycles. The average Bonchev–Trinajstić information content (AvgIpc) is 3.34. The van der Waals surface area contributed by atoms with Crippen molar-refractivity contribution in [3.8, 4) is 5.69 Å². The number of benzene rings is 1. The topological polar surface area (TPSA) is 46.0 Å². The van der Waals surface area contributed by atoms with Gasteiger partial charge in [0.15, 0.2) is 5.11 Å². The summed E-state index contributed by atoms with van der Waals surface area (Å²) in [6.07, 6.45) is 0.714. The summed E-state index contributed by atoms with van der Waals surface area (Å²) in [5.41, 5.74) is 3.59. The molecule has 0 bridgehead atoms. The van der Waals surface area contributed by atoms with Gasteiger partial charge in [0.25, 0.3) is 0 Å². The van der Waals surface area contributed by atoms with Gasteiger partial charge >= 0.3 is 6.18 Å². The number of hydrogen-bond donors (Lipinski definition) is 1. The second-order valence-electron chi connectivity index (χ2n) is 8.79. The molecule has 1 N–H and O–H groups in total. The van der Waals surface area contributed by atoms with Gasteiger partial charge in [0, 0.05) is 36.5 Å². The molecule has 184 valence electrons. The monoisotopic (exact) mass is 507 g/mol. The number of alkyl halides is 3. The Labute approximate surface area is 212 Å². The molecular formula is C27H24F3N5S. The fraction of sp³-hybridized carbons (Fsp3) is 0.222. The Morgan fingerprint density at radius 1 is 0.972 bits per heavy atom. The summed E-state index contributed by atoms with van der Waals surface area (Å²) in [6, 6.07) is 16.6. The van der Waals surface area contributed by atoms with Crippen molar-refractivity contribution in [1.82, 2.24) is 24.8 Å². The SMILES string of the molecule is Cc1cc([C@@H]2[C@@H](c3ccccn3)NC(=S)N2Cc2ccncc2)c(C)n1-c1ccccc1C(F)(F)F. The maximum absolute atomic E-state index is 13.9. The molecule has 3 aromatic heterocycles. The lowest BCUT2D eigenvalue weighted by atomic mass is 9.96. The van der Waals surface area contributed by atoms with Crippen LogP contribution < -0.4 is 5.32 Å². The first-order chi connectivity index (χ1) is 17.3. The largest absolute Gasteiger partial charge is 0.418 e. The first-order valence-corrected chi connectivity index (χ1v) is 11.9. The molecule has 0 saturated carbocycles. The molecule has 36 heavy (non-hydrogen) atoms. The minimum Gasteiger partial charge on any atom is -0.352 e. The zero-order valence-electron chi connectivity index (χ0n) is 19.7. The van der Waals surface area contributed by atoms with E-state index >= 15 is 0 Å². The normalized spacial score (nSPS) is 17.9. The van der Waals surface area contributed by atoms with Crippen LogP contribution in [0.3, 0.4) is 0 Å². The maximum Gasteiger partial charge on any atom is 0.418 e. The molecule has 1 fully saturated rings. The molecule has 0 spiro atoms. The molecule has 1 aliphatic heterocycles. The van der Waals surface area contributed by atoms with Gasteiger partial charge in [-0.1, -0.05) is 18.2 Å². The van der Waals surface area contributed by atoms with E-state index in [0.29, 0.717) is 17.4 Å². The Hall–Kier alpha value is -3.72. The third kappa shape index (κ3) is 4.35. The average molecular weight is 508 g/mol. The van der Waals surface area contributed by atoms with Crippen molar-refractivity contribution in [3.05, 3.63) is 113 Å². The third-order valence-corrected chi connectivity index (χ3v) is 6.89. The molecule has 9 heteroatoms. The molecule has 5 nitrogen and oxygen atoms in total. The second kappa shape index (κ2) is 9.39. The molecule has 0 unspecified atom stereocenters. The van der Waals surface area contributed by atoms with E-state index in [0.717, 1.165) is 28.6 Å². The predicted octanol–water partition coefficient (Wildman–Crippen LogP) is 6.08. The summed E-state index contributed by atoms with van der Waals surface area (Å²) >= 11 is 5.76. The number of rotatable bonds is 5. The van der Waals surface area contributed by atoms with Gasteiger partial charge in [0.2, 0.25) is 0 Å². The van der Waals surface area contributed by atoms with Gasteiger partial charge in [0.1, 0.15) is 0 Å². The Balaban J connectivity index is 1.65. The molecular weight excluding hydrogens is 483 g/mol. The highest BCUT2D eigenvalue weighted by atomic mass is 32.1. The molecule has 0 aliphatic carbocycles. The summed E-state index contributed by atoms with van der Waals surface area (Å²) in [5, 5.41) is 3.97. The van der Waals surface area contributed by atoms with Gasteiger partial charge in [-0.3, -0.25) is 9.97 Å². The van der Waals surface area contributed by atoms with Crippen LogP contribution in [0.15, 0.2) is 79.3 Å². The number of hydrogen-bond acceptors (Lipinski definition) is 3. The second-order valence-corrected chi connectivity index (χ2v) is 9.17. The third-order valence-electron chi connectivity index (χ3n) is 6.54. The fourth-order valence-corrected chi connectivity index (χ4v) is 5.27. The minimum absolute atomic E-state index is 0.106. The van der Waals surface area contributed by atoms with E-state index in [4.69, 9.17) is 12.2 Å². The summed E-state index contributed by atoms with van der Waals surface area (Å²) in [7, 11) is 0. The van der Waals surface area contributed by atoms with Crippen LogP contribution in [0.25, 0.3) is 5.69 Å². The van der Waals surface area contributed by atoms with Crippen molar-refractivity contribution in [3.63, 3.8) is 0 Å². The van der Waals surface area contributed by atoms with Crippen LogP contribution in [-0.2, 0) is 12.7 Å². The quantitative estimate of drug-likeness (QED) is 0.332. The number of nitrogens with zero attached hydrogens (tertiary/aromatic N) is 4. The number of pyridine rings is 2.